The predicted molar refractivity (Wildman–Crippen MR) is 115 cm³/mol. The average Bonchev–Trinajstić information content (AvgIpc) is 2.70. The molecule has 0 fully saturated rings. The quantitative estimate of drug-likeness (QED) is 0.412. The predicted octanol–water partition coefficient (Wildman–Crippen LogP) is 7.10. The van der Waals surface area contributed by atoms with E-state index in [0.717, 1.165) is 12.1 Å². The van der Waals surface area contributed by atoms with E-state index in [-0.39, 0.29) is 5.92 Å². The number of benzene rings is 2. The van der Waals surface area contributed by atoms with Gasteiger partial charge in [0.25, 0.3) is 0 Å². The van der Waals surface area contributed by atoms with Crippen LogP contribution in [0.3, 0.4) is 0 Å². The van der Waals surface area contributed by atoms with E-state index in [1.807, 2.05) is 13.8 Å². The molecule has 1 unspecified atom stereocenters. The lowest BCUT2D eigenvalue weighted by Crippen LogP contribution is -2.14. The maximum Gasteiger partial charge on any atom is 0.416 e. The van der Waals surface area contributed by atoms with Crippen LogP contribution in [-0.4, -0.2) is 16.1 Å². The lowest BCUT2D eigenvalue weighted by Gasteiger charge is -2.18. The van der Waals surface area contributed by atoms with Crippen molar-refractivity contribution in [1.29, 1.82) is 0 Å². The SMILES string of the molecule is Cc1cc(F)cc(-c2cc(C(CC(C)C)C(=O)O)cc(-c3ccc(C(F)(F)F)cc3)n2)c1. The van der Waals surface area contributed by atoms with E-state index >= 15 is 0 Å². The third-order valence-corrected chi connectivity index (χ3v) is 5.10. The Morgan fingerprint density at radius 3 is 2.06 bits per heavy atom. The molecule has 7 heteroatoms. The van der Waals surface area contributed by atoms with Gasteiger partial charge in [0.15, 0.2) is 0 Å². The number of halogens is 4. The van der Waals surface area contributed by atoms with Crippen molar-refractivity contribution in [3.63, 3.8) is 0 Å². The van der Waals surface area contributed by atoms with E-state index in [9.17, 15) is 27.5 Å². The standard InChI is InChI=1S/C25H23F4NO2/c1-14(2)8-21(24(31)32)17-12-22(16-4-6-19(7-5-16)25(27,28)29)30-23(13-17)18-9-15(3)10-20(26)11-18/h4-7,9-14,21H,8H2,1-3H3,(H,31,32). The molecule has 0 spiro atoms. The molecule has 0 bridgehead atoms. The summed E-state index contributed by atoms with van der Waals surface area (Å²) in [5, 5.41) is 9.81. The van der Waals surface area contributed by atoms with Gasteiger partial charge < -0.3 is 5.11 Å². The molecule has 3 rings (SSSR count). The van der Waals surface area contributed by atoms with Crippen LogP contribution in [0.2, 0.25) is 0 Å². The number of aliphatic carboxylic acids is 1. The monoisotopic (exact) mass is 445 g/mol. The highest BCUT2D eigenvalue weighted by atomic mass is 19.4. The van der Waals surface area contributed by atoms with Gasteiger partial charge in [0.2, 0.25) is 0 Å². The summed E-state index contributed by atoms with van der Waals surface area (Å²) < 4.78 is 52.9. The fourth-order valence-electron chi connectivity index (χ4n) is 3.61. The van der Waals surface area contributed by atoms with E-state index in [1.165, 1.54) is 24.3 Å². The van der Waals surface area contributed by atoms with Crippen LogP contribution in [0.25, 0.3) is 22.5 Å². The molecule has 1 atom stereocenters. The van der Waals surface area contributed by atoms with E-state index in [4.69, 9.17) is 0 Å². The normalized spacial score (nSPS) is 12.8. The van der Waals surface area contributed by atoms with Gasteiger partial charge in [0, 0.05) is 11.1 Å². The Kier molecular flexibility index (Phi) is 6.67. The second-order valence-electron chi connectivity index (χ2n) is 8.28. The summed E-state index contributed by atoms with van der Waals surface area (Å²) in [6, 6.07) is 12.1. The Morgan fingerprint density at radius 2 is 1.56 bits per heavy atom. The van der Waals surface area contributed by atoms with Gasteiger partial charge in [-0.1, -0.05) is 26.0 Å². The molecule has 3 aromatic rings. The molecule has 0 amide bonds. The number of aromatic nitrogens is 1. The highest BCUT2D eigenvalue weighted by molar-refractivity contribution is 5.78. The van der Waals surface area contributed by atoms with Crippen LogP contribution in [0, 0.1) is 18.7 Å². The maximum absolute atomic E-state index is 14.0. The summed E-state index contributed by atoms with van der Waals surface area (Å²) in [7, 11) is 0. The van der Waals surface area contributed by atoms with Crippen LogP contribution in [0.15, 0.2) is 54.6 Å². The Bertz CT molecular complexity index is 1100. The summed E-state index contributed by atoms with van der Waals surface area (Å²) in [4.78, 5) is 16.5. The van der Waals surface area contributed by atoms with Crippen LogP contribution < -0.4 is 0 Å². The molecular formula is C25H23F4NO2. The average molecular weight is 445 g/mol. The van der Waals surface area contributed by atoms with E-state index in [1.54, 1.807) is 25.1 Å². The third-order valence-electron chi connectivity index (χ3n) is 5.10. The Labute approximate surface area is 183 Å². The van der Waals surface area contributed by atoms with Gasteiger partial charge >= 0.3 is 12.1 Å². The summed E-state index contributed by atoms with van der Waals surface area (Å²) in [5.41, 5.74) is 1.89. The van der Waals surface area contributed by atoms with Crippen LogP contribution >= 0.6 is 0 Å². The topological polar surface area (TPSA) is 50.2 Å². The highest BCUT2D eigenvalue weighted by Gasteiger charge is 2.30. The maximum atomic E-state index is 14.0. The number of aryl methyl sites for hydroxylation is 1. The minimum absolute atomic E-state index is 0.0960. The van der Waals surface area contributed by atoms with Gasteiger partial charge in [-0.05, 0) is 72.9 Å². The smallest absolute Gasteiger partial charge is 0.416 e. The zero-order valence-electron chi connectivity index (χ0n) is 17.9. The largest absolute Gasteiger partial charge is 0.481 e. The fraction of sp³-hybridized carbons (Fsp3) is 0.280. The van der Waals surface area contributed by atoms with E-state index in [0.29, 0.717) is 40.1 Å². The molecule has 1 aromatic heterocycles. The molecule has 0 saturated heterocycles. The summed E-state index contributed by atoms with van der Waals surface area (Å²) >= 11 is 0. The molecule has 3 nitrogen and oxygen atoms in total. The molecule has 0 aliphatic carbocycles. The molecule has 0 aliphatic rings. The van der Waals surface area contributed by atoms with Crippen molar-refractivity contribution >= 4 is 5.97 Å². The Hall–Kier alpha value is -3.22. The molecule has 0 aliphatic heterocycles. The number of hydrogen-bond acceptors (Lipinski definition) is 2. The summed E-state index contributed by atoms with van der Waals surface area (Å²) in [6.07, 6.45) is -4.10. The minimum atomic E-state index is -4.47. The number of carboxylic acids is 1. The Morgan fingerprint density at radius 1 is 0.969 bits per heavy atom. The van der Waals surface area contributed by atoms with Crippen LogP contribution in [0.5, 0.6) is 0 Å². The molecule has 1 N–H and O–H groups in total. The number of pyridine rings is 1. The second-order valence-corrected chi connectivity index (χ2v) is 8.28. The molecule has 0 saturated carbocycles. The van der Waals surface area contributed by atoms with Crippen molar-refractivity contribution in [2.24, 2.45) is 5.92 Å². The highest BCUT2D eigenvalue weighted by Crippen LogP contribution is 2.34. The lowest BCUT2D eigenvalue weighted by molar-refractivity contribution is -0.139. The lowest BCUT2D eigenvalue weighted by atomic mass is 9.89. The number of rotatable bonds is 6. The van der Waals surface area contributed by atoms with Gasteiger partial charge in [-0.3, -0.25) is 4.79 Å². The second kappa shape index (κ2) is 9.10. The number of alkyl halides is 3. The van der Waals surface area contributed by atoms with E-state index in [2.05, 4.69) is 4.98 Å². The van der Waals surface area contributed by atoms with E-state index < -0.39 is 29.4 Å². The number of nitrogens with zero attached hydrogens (tertiary/aromatic N) is 1. The zero-order chi connectivity index (χ0) is 23.6. The molecule has 32 heavy (non-hydrogen) atoms. The first-order valence-electron chi connectivity index (χ1n) is 10.1. The van der Waals surface area contributed by atoms with Crippen molar-refractivity contribution in [2.45, 2.75) is 39.3 Å². The molecule has 1 heterocycles. The first kappa shape index (κ1) is 23.4. The van der Waals surface area contributed by atoms with Gasteiger partial charge in [-0.25, -0.2) is 9.37 Å². The van der Waals surface area contributed by atoms with Crippen molar-refractivity contribution in [2.75, 3.05) is 0 Å². The van der Waals surface area contributed by atoms with Gasteiger partial charge in [-0.2, -0.15) is 13.2 Å². The van der Waals surface area contributed by atoms with Crippen LogP contribution in [0.4, 0.5) is 17.6 Å². The van der Waals surface area contributed by atoms with Crippen LogP contribution in [-0.2, 0) is 11.0 Å². The van der Waals surface area contributed by atoms with Crippen molar-refractivity contribution in [3.8, 4) is 22.5 Å². The van der Waals surface area contributed by atoms with Crippen molar-refractivity contribution in [1.82, 2.24) is 4.98 Å². The number of carbonyl (C=O) groups is 1. The summed E-state index contributed by atoms with van der Waals surface area (Å²) in [6.45, 7) is 5.54. The molecular weight excluding hydrogens is 422 g/mol. The molecule has 2 aromatic carbocycles. The number of carboxylic acid groups (broad SMARTS) is 1. The first-order valence-corrected chi connectivity index (χ1v) is 10.1. The summed E-state index contributed by atoms with van der Waals surface area (Å²) in [5.74, 6) is -2.21. The third kappa shape index (κ3) is 5.52. The van der Waals surface area contributed by atoms with Gasteiger partial charge in [0.1, 0.15) is 5.82 Å². The number of hydrogen-bond donors (Lipinski definition) is 1. The first-order chi connectivity index (χ1) is 14.9. The molecule has 168 valence electrons. The van der Waals surface area contributed by atoms with Gasteiger partial charge in [-0.15, -0.1) is 0 Å². The molecule has 0 radical (unpaired) electrons. The zero-order valence-corrected chi connectivity index (χ0v) is 17.9. The van der Waals surface area contributed by atoms with Crippen LogP contribution in [0.1, 0.15) is 42.9 Å². The van der Waals surface area contributed by atoms with Crippen molar-refractivity contribution in [3.05, 3.63) is 77.1 Å². The van der Waals surface area contributed by atoms with Gasteiger partial charge in [0.05, 0.1) is 22.9 Å². The Balaban J connectivity index is 2.19. The fourth-order valence-corrected chi connectivity index (χ4v) is 3.61. The minimum Gasteiger partial charge on any atom is -0.481 e. The van der Waals surface area contributed by atoms with Crippen molar-refractivity contribution < 1.29 is 27.5 Å².